The second kappa shape index (κ2) is 39.5. The van der Waals surface area contributed by atoms with Gasteiger partial charge in [0.2, 0.25) is 5.91 Å². The van der Waals surface area contributed by atoms with Gasteiger partial charge in [-0.3, -0.25) is 9.59 Å². The molecule has 0 rings (SSSR count). The lowest BCUT2D eigenvalue weighted by Gasteiger charge is -2.15. The Kier molecular flexibility index (Phi) is 36.7. The van der Waals surface area contributed by atoms with Crippen LogP contribution in [0.3, 0.4) is 0 Å². The van der Waals surface area contributed by atoms with Crippen molar-refractivity contribution >= 4 is 17.8 Å². The zero-order chi connectivity index (χ0) is 38.9. The zero-order valence-electron chi connectivity index (χ0n) is 33.3. The number of rotatable bonds is 35. The predicted molar refractivity (Wildman–Crippen MR) is 225 cm³/mol. The standard InChI is InChI=1S/C46H74N2O5/c1-3-5-7-9-10-11-12-13-14-15-16-17-18-19-20-21-22-23-24-25-26-28-34-40-45(50)53-42(36-31-27-8-6-4-2)37-32-29-30-33-39-44(49)48-43(46(51)52)38-35-41-47/h5,7,10-11,13-14,16-17,19-20,22-23,25-26,31,36,42-43H,3-4,6,8-9,12,15,18,21,24,27-30,32-35,37-41,47H2,1-2H3,(H,48,49)(H,51,52)/b7-5-,11-10-,14-13-,17-16-,20-19-,23-22-,26-25-,36-31-. The number of carboxylic acid groups (broad SMARTS) is 1. The third kappa shape index (κ3) is 36.4. The predicted octanol–water partition coefficient (Wildman–Crippen LogP) is 11.5. The lowest BCUT2D eigenvalue weighted by Crippen LogP contribution is -2.40. The van der Waals surface area contributed by atoms with Crippen LogP contribution in [0, 0.1) is 0 Å². The monoisotopic (exact) mass is 735 g/mol. The Bertz CT molecular complexity index is 1140. The SMILES string of the molecule is CC/C=C\C/C=C\C/C=C\C/C=C\C/C=C\C/C=C\C/C=C\CCCC(=O)OC(/C=C\CCCCC)CCCCCCC(=O)NC(CCCN)C(=O)O. The molecule has 0 saturated carbocycles. The number of allylic oxidation sites excluding steroid dienone is 15. The van der Waals surface area contributed by atoms with Gasteiger partial charge in [-0.2, -0.15) is 0 Å². The maximum absolute atomic E-state index is 12.6. The van der Waals surface area contributed by atoms with E-state index in [0.717, 1.165) is 96.3 Å². The van der Waals surface area contributed by atoms with E-state index < -0.39 is 12.0 Å². The van der Waals surface area contributed by atoms with Crippen molar-refractivity contribution in [2.24, 2.45) is 5.73 Å². The molecule has 0 radical (unpaired) electrons. The minimum atomic E-state index is -1.02. The number of hydrogen-bond donors (Lipinski definition) is 3. The Morgan fingerprint density at radius 1 is 0.585 bits per heavy atom. The molecular weight excluding hydrogens is 661 g/mol. The van der Waals surface area contributed by atoms with Gasteiger partial charge in [-0.15, -0.1) is 0 Å². The van der Waals surface area contributed by atoms with Crippen LogP contribution < -0.4 is 11.1 Å². The smallest absolute Gasteiger partial charge is 0.326 e. The van der Waals surface area contributed by atoms with Gasteiger partial charge < -0.3 is 20.9 Å². The van der Waals surface area contributed by atoms with E-state index in [1.807, 2.05) is 6.08 Å². The van der Waals surface area contributed by atoms with Gasteiger partial charge in [0.15, 0.2) is 0 Å². The molecule has 298 valence electrons. The van der Waals surface area contributed by atoms with Gasteiger partial charge in [-0.1, -0.05) is 131 Å². The molecule has 0 aliphatic rings. The molecule has 53 heavy (non-hydrogen) atoms. The van der Waals surface area contributed by atoms with Crippen molar-refractivity contribution in [3.05, 3.63) is 97.2 Å². The van der Waals surface area contributed by atoms with Gasteiger partial charge >= 0.3 is 11.9 Å². The van der Waals surface area contributed by atoms with Gasteiger partial charge in [0.1, 0.15) is 12.1 Å². The van der Waals surface area contributed by atoms with Crippen molar-refractivity contribution in [1.82, 2.24) is 5.32 Å². The number of carbonyl (C=O) groups excluding carboxylic acids is 2. The van der Waals surface area contributed by atoms with Crippen LogP contribution >= 0.6 is 0 Å². The average molecular weight is 735 g/mol. The number of nitrogens with two attached hydrogens (primary N) is 1. The number of aliphatic carboxylic acids is 1. The molecule has 0 aromatic heterocycles. The van der Waals surface area contributed by atoms with Gasteiger partial charge in [-0.25, -0.2) is 4.79 Å². The Balaban J connectivity index is 4.22. The minimum Gasteiger partial charge on any atom is -0.480 e. The molecule has 0 bridgehead atoms. The van der Waals surface area contributed by atoms with Crippen LogP contribution in [-0.2, 0) is 19.1 Å². The number of esters is 1. The molecule has 2 unspecified atom stereocenters. The first-order chi connectivity index (χ1) is 25.9. The summed E-state index contributed by atoms with van der Waals surface area (Å²) in [5.41, 5.74) is 5.47. The summed E-state index contributed by atoms with van der Waals surface area (Å²) < 4.78 is 5.84. The first-order valence-corrected chi connectivity index (χ1v) is 20.6. The van der Waals surface area contributed by atoms with Crippen molar-refractivity contribution in [2.75, 3.05) is 6.54 Å². The molecule has 7 nitrogen and oxygen atoms in total. The summed E-state index contributed by atoms with van der Waals surface area (Å²) in [4.78, 5) is 36.1. The van der Waals surface area contributed by atoms with Crippen LogP contribution in [0.2, 0.25) is 0 Å². The Labute approximate surface area is 323 Å². The third-order valence-electron chi connectivity index (χ3n) is 8.37. The highest BCUT2D eigenvalue weighted by atomic mass is 16.5. The summed E-state index contributed by atoms with van der Waals surface area (Å²) in [7, 11) is 0. The Hall–Kier alpha value is -3.71. The molecule has 0 aliphatic carbocycles. The highest BCUT2D eigenvalue weighted by Gasteiger charge is 2.18. The van der Waals surface area contributed by atoms with Crippen LogP contribution in [0.4, 0.5) is 0 Å². The fourth-order valence-corrected chi connectivity index (χ4v) is 5.29. The highest BCUT2D eigenvalue weighted by molar-refractivity contribution is 5.83. The van der Waals surface area contributed by atoms with E-state index in [9.17, 15) is 19.5 Å². The molecule has 2 atom stereocenters. The van der Waals surface area contributed by atoms with Crippen LogP contribution in [0.15, 0.2) is 97.2 Å². The first-order valence-electron chi connectivity index (χ1n) is 20.6. The number of nitrogens with one attached hydrogen (secondary N) is 1. The summed E-state index contributed by atoms with van der Waals surface area (Å²) in [5.74, 6) is -1.42. The molecule has 4 N–H and O–H groups in total. The van der Waals surface area contributed by atoms with Crippen molar-refractivity contribution in [3.63, 3.8) is 0 Å². The zero-order valence-corrected chi connectivity index (χ0v) is 33.3. The lowest BCUT2D eigenvalue weighted by molar-refractivity contribution is -0.147. The van der Waals surface area contributed by atoms with E-state index in [0.29, 0.717) is 38.6 Å². The molecule has 0 aromatic rings. The Morgan fingerprint density at radius 3 is 1.64 bits per heavy atom. The third-order valence-corrected chi connectivity index (χ3v) is 8.37. The minimum absolute atomic E-state index is 0.155. The Morgan fingerprint density at radius 2 is 1.11 bits per heavy atom. The highest BCUT2D eigenvalue weighted by Crippen LogP contribution is 2.14. The average Bonchev–Trinajstić information content (AvgIpc) is 3.14. The fourth-order valence-electron chi connectivity index (χ4n) is 5.29. The molecule has 0 saturated heterocycles. The maximum Gasteiger partial charge on any atom is 0.326 e. The number of unbranched alkanes of at least 4 members (excludes halogenated alkanes) is 7. The van der Waals surface area contributed by atoms with Gasteiger partial charge in [0, 0.05) is 12.8 Å². The number of carboxylic acids is 1. The quantitative estimate of drug-likeness (QED) is 0.0339. The number of carbonyl (C=O) groups is 3. The molecule has 0 heterocycles. The summed E-state index contributed by atoms with van der Waals surface area (Å²) in [6.45, 7) is 4.73. The molecule has 0 spiro atoms. The number of amides is 1. The molecular formula is C46H74N2O5. The van der Waals surface area contributed by atoms with Crippen LogP contribution in [0.25, 0.3) is 0 Å². The molecule has 7 heteroatoms. The van der Waals surface area contributed by atoms with E-state index in [1.54, 1.807) is 0 Å². The maximum atomic E-state index is 12.6. The van der Waals surface area contributed by atoms with Crippen LogP contribution in [0.5, 0.6) is 0 Å². The summed E-state index contributed by atoms with van der Waals surface area (Å²) in [6.07, 6.45) is 53.4. The molecule has 0 fully saturated rings. The van der Waals surface area contributed by atoms with Crippen molar-refractivity contribution in [2.45, 2.75) is 167 Å². The van der Waals surface area contributed by atoms with E-state index in [1.165, 1.54) is 12.8 Å². The van der Waals surface area contributed by atoms with Crippen LogP contribution in [-0.4, -0.2) is 41.6 Å². The number of hydrogen-bond acceptors (Lipinski definition) is 5. The van der Waals surface area contributed by atoms with Gasteiger partial charge in [0.05, 0.1) is 0 Å². The van der Waals surface area contributed by atoms with E-state index in [-0.39, 0.29) is 18.0 Å². The largest absolute Gasteiger partial charge is 0.480 e. The normalized spacial score (nSPS) is 13.7. The van der Waals surface area contributed by atoms with Crippen molar-refractivity contribution in [1.29, 1.82) is 0 Å². The molecule has 0 aliphatic heterocycles. The second-order valence-corrected chi connectivity index (χ2v) is 13.3. The van der Waals surface area contributed by atoms with E-state index in [2.05, 4.69) is 110 Å². The van der Waals surface area contributed by atoms with Crippen molar-refractivity contribution < 1.29 is 24.2 Å². The lowest BCUT2D eigenvalue weighted by atomic mass is 10.1. The van der Waals surface area contributed by atoms with Crippen molar-refractivity contribution in [3.8, 4) is 0 Å². The molecule has 1 amide bonds. The topological polar surface area (TPSA) is 119 Å². The second-order valence-electron chi connectivity index (χ2n) is 13.3. The summed E-state index contributed by atoms with van der Waals surface area (Å²) >= 11 is 0. The molecule has 0 aromatic carbocycles. The van der Waals surface area contributed by atoms with E-state index in [4.69, 9.17) is 10.5 Å². The number of ether oxygens (including phenoxy) is 1. The summed E-state index contributed by atoms with van der Waals surface area (Å²) in [6, 6.07) is -0.880. The van der Waals surface area contributed by atoms with E-state index >= 15 is 0 Å². The van der Waals surface area contributed by atoms with Gasteiger partial charge in [-0.05, 0) is 115 Å². The first kappa shape index (κ1) is 49.3. The fraction of sp³-hybridized carbons (Fsp3) is 0.587. The summed E-state index contributed by atoms with van der Waals surface area (Å²) in [5, 5.41) is 11.9. The van der Waals surface area contributed by atoms with Gasteiger partial charge in [0.25, 0.3) is 0 Å². The van der Waals surface area contributed by atoms with Crippen LogP contribution in [0.1, 0.15) is 155 Å².